The molecule has 1 rings (SSSR count). The van der Waals surface area contributed by atoms with Gasteiger partial charge in [0.05, 0.1) is 18.3 Å². The molecule has 1 heterocycles. The summed E-state index contributed by atoms with van der Waals surface area (Å²) >= 11 is 0. The number of carboxylic acids is 1. The van der Waals surface area contributed by atoms with Crippen molar-refractivity contribution in [3.05, 3.63) is 0 Å². The summed E-state index contributed by atoms with van der Waals surface area (Å²) in [5.41, 5.74) is 5.56. The Morgan fingerprint density at radius 1 is 1.62 bits per heavy atom. The van der Waals surface area contributed by atoms with E-state index in [0.29, 0.717) is 5.84 Å². The highest BCUT2D eigenvalue weighted by Gasteiger charge is 2.14. The molecule has 0 radical (unpaired) electrons. The molecule has 1 aliphatic rings. The Balaban J connectivity index is 0.00000144. The van der Waals surface area contributed by atoms with E-state index in [0.717, 1.165) is 25.7 Å². The molecule has 0 aromatic heterocycles. The van der Waals surface area contributed by atoms with Gasteiger partial charge in [-0.3, -0.25) is 9.79 Å². The summed E-state index contributed by atoms with van der Waals surface area (Å²) in [6, 6.07) is -0.0926. The highest BCUT2D eigenvalue weighted by atomic mass is 35.5. The fourth-order valence-corrected chi connectivity index (χ4v) is 1.40. The van der Waals surface area contributed by atoms with Crippen molar-refractivity contribution >= 4 is 24.2 Å². The van der Waals surface area contributed by atoms with Crippen molar-refractivity contribution in [3.63, 3.8) is 0 Å². The van der Waals surface area contributed by atoms with Gasteiger partial charge in [0.25, 0.3) is 0 Å². The van der Waals surface area contributed by atoms with Crippen LogP contribution in [-0.2, 0) is 4.79 Å². The van der Waals surface area contributed by atoms with Crippen LogP contribution in [0.15, 0.2) is 4.99 Å². The minimum Gasteiger partial charge on any atom is -0.481 e. The van der Waals surface area contributed by atoms with Crippen molar-refractivity contribution in [2.75, 3.05) is 0 Å². The van der Waals surface area contributed by atoms with E-state index < -0.39 is 5.97 Å². The fourth-order valence-electron chi connectivity index (χ4n) is 1.40. The van der Waals surface area contributed by atoms with Crippen molar-refractivity contribution in [3.8, 4) is 0 Å². The molecule has 13 heavy (non-hydrogen) atoms. The standard InChI is InChI=1S/C8H14N2O2.ClH/c9-7-4-2-1-3-6(10-7)5-8(11)12;/h6H,1-5H2,(H2,9,10)(H,11,12);1H. The van der Waals surface area contributed by atoms with E-state index in [1.165, 1.54) is 0 Å². The number of carboxylic acid groups (broad SMARTS) is 1. The minimum absolute atomic E-state index is 0. The molecule has 5 heteroatoms. The third-order valence-electron chi connectivity index (χ3n) is 1.98. The van der Waals surface area contributed by atoms with Gasteiger partial charge in [-0.25, -0.2) is 0 Å². The Hall–Kier alpha value is -0.770. The number of hydrogen-bond donors (Lipinski definition) is 2. The number of halogens is 1. The second-order valence-corrected chi connectivity index (χ2v) is 3.12. The van der Waals surface area contributed by atoms with Crippen LogP contribution < -0.4 is 5.73 Å². The summed E-state index contributed by atoms with van der Waals surface area (Å²) in [5, 5.41) is 8.53. The molecule has 0 aromatic rings. The first-order valence-corrected chi connectivity index (χ1v) is 4.22. The number of carbonyl (C=O) groups is 1. The molecule has 0 aromatic carbocycles. The summed E-state index contributed by atoms with van der Waals surface area (Å²) < 4.78 is 0. The number of aliphatic imine (C=N–C) groups is 1. The number of nitrogens with two attached hydrogens (primary N) is 1. The van der Waals surface area contributed by atoms with Gasteiger partial charge in [-0.1, -0.05) is 6.42 Å². The van der Waals surface area contributed by atoms with Crippen LogP contribution >= 0.6 is 12.4 Å². The molecule has 0 amide bonds. The van der Waals surface area contributed by atoms with Crippen LogP contribution in [0.3, 0.4) is 0 Å². The number of hydrogen-bond acceptors (Lipinski definition) is 3. The third kappa shape index (κ3) is 4.72. The smallest absolute Gasteiger partial charge is 0.305 e. The van der Waals surface area contributed by atoms with Crippen molar-refractivity contribution in [1.29, 1.82) is 0 Å². The zero-order valence-electron chi connectivity index (χ0n) is 7.40. The first kappa shape index (κ1) is 12.2. The van der Waals surface area contributed by atoms with Gasteiger partial charge in [0.15, 0.2) is 0 Å². The first-order chi connectivity index (χ1) is 5.68. The molecule has 0 bridgehead atoms. The predicted octanol–water partition coefficient (Wildman–Crippen LogP) is 1.18. The maximum atomic E-state index is 10.4. The van der Waals surface area contributed by atoms with E-state index in [4.69, 9.17) is 10.8 Å². The molecular weight excluding hydrogens is 192 g/mol. The SMILES string of the molecule is Cl.NC1=NC(CC(=O)O)CCCC1. The van der Waals surface area contributed by atoms with Crippen LogP contribution in [0.25, 0.3) is 0 Å². The summed E-state index contributed by atoms with van der Waals surface area (Å²) in [6.07, 6.45) is 3.84. The molecular formula is C8H15ClN2O2. The van der Waals surface area contributed by atoms with Crippen LogP contribution in [0, 0.1) is 0 Å². The third-order valence-corrected chi connectivity index (χ3v) is 1.98. The van der Waals surface area contributed by atoms with Gasteiger partial charge >= 0.3 is 5.97 Å². The van der Waals surface area contributed by atoms with Crippen molar-refractivity contribution in [1.82, 2.24) is 0 Å². The number of aliphatic carboxylic acids is 1. The molecule has 0 saturated heterocycles. The molecule has 1 unspecified atom stereocenters. The zero-order valence-corrected chi connectivity index (χ0v) is 8.22. The maximum absolute atomic E-state index is 10.4. The average molecular weight is 207 g/mol. The van der Waals surface area contributed by atoms with Crippen LogP contribution in [0.2, 0.25) is 0 Å². The Morgan fingerprint density at radius 2 is 2.31 bits per heavy atom. The molecule has 3 N–H and O–H groups in total. The van der Waals surface area contributed by atoms with Crippen LogP contribution in [-0.4, -0.2) is 23.0 Å². The van der Waals surface area contributed by atoms with E-state index in [2.05, 4.69) is 4.99 Å². The summed E-state index contributed by atoms with van der Waals surface area (Å²) in [4.78, 5) is 14.5. The quantitative estimate of drug-likeness (QED) is 0.713. The lowest BCUT2D eigenvalue weighted by Gasteiger charge is -2.06. The van der Waals surface area contributed by atoms with Gasteiger partial charge in [0.2, 0.25) is 0 Å². The number of nitrogens with zero attached hydrogens (tertiary/aromatic N) is 1. The van der Waals surface area contributed by atoms with Crippen LogP contribution in [0.1, 0.15) is 32.1 Å². The molecule has 4 nitrogen and oxygen atoms in total. The zero-order chi connectivity index (χ0) is 8.97. The maximum Gasteiger partial charge on any atom is 0.305 e. The largest absolute Gasteiger partial charge is 0.481 e. The van der Waals surface area contributed by atoms with Gasteiger partial charge < -0.3 is 10.8 Å². The second-order valence-electron chi connectivity index (χ2n) is 3.12. The Labute approximate surface area is 83.6 Å². The monoisotopic (exact) mass is 206 g/mol. The minimum atomic E-state index is -0.793. The lowest BCUT2D eigenvalue weighted by Crippen LogP contribution is -2.16. The lowest BCUT2D eigenvalue weighted by atomic mass is 10.1. The van der Waals surface area contributed by atoms with Crippen molar-refractivity contribution < 1.29 is 9.90 Å². The molecule has 0 fully saturated rings. The van der Waals surface area contributed by atoms with Gasteiger partial charge in [-0.2, -0.15) is 0 Å². The first-order valence-electron chi connectivity index (χ1n) is 4.22. The van der Waals surface area contributed by atoms with E-state index in [9.17, 15) is 4.79 Å². The van der Waals surface area contributed by atoms with E-state index in [1.54, 1.807) is 0 Å². The van der Waals surface area contributed by atoms with Gasteiger partial charge in [-0.05, 0) is 12.8 Å². The Bertz CT molecular complexity index is 206. The van der Waals surface area contributed by atoms with E-state index in [-0.39, 0.29) is 24.9 Å². The lowest BCUT2D eigenvalue weighted by molar-refractivity contribution is -0.137. The van der Waals surface area contributed by atoms with Gasteiger partial charge in [-0.15, -0.1) is 12.4 Å². The highest BCUT2D eigenvalue weighted by molar-refractivity contribution is 5.85. The molecule has 0 saturated carbocycles. The average Bonchev–Trinajstić information content (AvgIpc) is 2.12. The summed E-state index contributed by atoms with van der Waals surface area (Å²) in [5.74, 6) is -0.183. The van der Waals surface area contributed by atoms with E-state index in [1.807, 2.05) is 0 Å². The fraction of sp³-hybridized carbons (Fsp3) is 0.750. The summed E-state index contributed by atoms with van der Waals surface area (Å²) in [7, 11) is 0. The van der Waals surface area contributed by atoms with Crippen molar-refractivity contribution in [2.24, 2.45) is 10.7 Å². The van der Waals surface area contributed by atoms with Crippen LogP contribution in [0.4, 0.5) is 0 Å². The Morgan fingerprint density at radius 3 is 2.92 bits per heavy atom. The number of rotatable bonds is 2. The van der Waals surface area contributed by atoms with E-state index >= 15 is 0 Å². The van der Waals surface area contributed by atoms with Crippen molar-refractivity contribution in [2.45, 2.75) is 38.1 Å². The van der Waals surface area contributed by atoms with Crippen LogP contribution in [0.5, 0.6) is 0 Å². The number of amidine groups is 1. The highest BCUT2D eigenvalue weighted by Crippen LogP contribution is 2.14. The molecule has 1 aliphatic heterocycles. The normalized spacial score (nSPS) is 22.5. The molecule has 0 spiro atoms. The second kappa shape index (κ2) is 5.80. The molecule has 76 valence electrons. The van der Waals surface area contributed by atoms with Gasteiger partial charge in [0.1, 0.15) is 0 Å². The molecule has 0 aliphatic carbocycles. The van der Waals surface area contributed by atoms with Gasteiger partial charge in [0, 0.05) is 6.42 Å². The predicted molar refractivity (Wildman–Crippen MR) is 53.4 cm³/mol. The Kier molecular flexibility index (Phi) is 5.46. The summed E-state index contributed by atoms with van der Waals surface area (Å²) in [6.45, 7) is 0. The molecule has 1 atom stereocenters. The topological polar surface area (TPSA) is 75.7 Å².